The Hall–Kier alpha value is -1.10. The van der Waals surface area contributed by atoms with Gasteiger partial charge >= 0.3 is 5.97 Å². The minimum Gasteiger partial charge on any atom is -0.476 e. The van der Waals surface area contributed by atoms with Crippen LogP contribution in [-0.2, 0) is 0 Å². The first-order valence-electron chi connectivity index (χ1n) is 5.14. The van der Waals surface area contributed by atoms with Crippen LogP contribution in [0.4, 0.5) is 5.13 Å². The molecule has 1 aromatic heterocycles. The van der Waals surface area contributed by atoms with Gasteiger partial charge < -0.3 is 10.0 Å². The van der Waals surface area contributed by atoms with E-state index < -0.39 is 5.97 Å². The first-order chi connectivity index (χ1) is 7.20. The summed E-state index contributed by atoms with van der Waals surface area (Å²) in [7, 11) is 0. The second kappa shape index (κ2) is 4.18. The molecule has 4 nitrogen and oxygen atoms in total. The van der Waals surface area contributed by atoms with Crippen molar-refractivity contribution < 1.29 is 9.90 Å². The average molecular weight is 226 g/mol. The largest absolute Gasteiger partial charge is 0.476 e. The summed E-state index contributed by atoms with van der Waals surface area (Å²) in [6, 6.07) is 0. The number of rotatable bonds is 5. The smallest absolute Gasteiger partial charge is 0.355 e. The van der Waals surface area contributed by atoms with E-state index in [4.69, 9.17) is 5.11 Å². The molecular weight excluding hydrogens is 212 g/mol. The fraction of sp³-hybridized carbons (Fsp3) is 0.600. The Kier molecular flexibility index (Phi) is 2.90. The summed E-state index contributed by atoms with van der Waals surface area (Å²) in [5.41, 5.74) is 0.157. The van der Waals surface area contributed by atoms with E-state index >= 15 is 0 Å². The van der Waals surface area contributed by atoms with Crippen LogP contribution < -0.4 is 4.90 Å². The zero-order chi connectivity index (χ0) is 10.8. The first-order valence-corrected chi connectivity index (χ1v) is 6.02. The Morgan fingerprint density at radius 1 is 1.73 bits per heavy atom. The molecule has 82 valence electrons. The van der Waals surface area contributed by atoms with E-state index in [0.29, 0.717) is 0 Å². The van der Waals surface area contributed by atoms with E-state index in [1.165, 1.54) is 24.2 Å². The van der Waals surface area contributed by atoms with Gasteiger partial charge in [0.05, 0.1) is 0 Å². The lowest BCUT2D eigenvalue weighted by Crippen LogP contribution is -2.25. The quantitative estimate of drug-likeness (QED) is 0.835. The summed E-state index contributed by atoms with van der Waals surface area (Å²) < 4.78 is 0. The lowest BCUT2D eigenvalue weighted by molar-refractivity contribution is 0.0691. The van der Waals surface area contributed by atoms with E-state index in [0.717, 1.165) is 24.1 Å². The Labute approximate surface area is 92.6 Å². The van der Waals surface area contributed by atoms with Crippen molar-refractivity contribution in [1.29, 1.82) is 0 Å². The molecule has 0 unspecified atom stereocenters. The molecule has 1 aliphatic carbocycles. The van der Waals surface area contributed by atoms with Crippen LogP contribution in [0.5, 0.6) is 0 Å². The summed E-state index contributed by atoms with van der Waals surface area (Å²) in [6.45, 7) is 3.98. The van der Waals surface area contributed by atoms with Crippen molar-refractivity contribution in [2.45, 2.75) is 19.8 Å². The highest BCUT2D eigenvalue weighted by atomic mass is 32.1. The topological polar surface area (TPSA) is 53.4 Å². The number of anilines is 1. The van der Waals surface area contributed by atoms with Gasteiger partial charge in [-0.15, -0.1) is 11.3 Å². The van der Waals surface area contributed by atoms with E-state index in [1.54, 1.807) is 5.38 Å². The van der Waals surface area contributed by atoms with Crippen LogP contribution >= 0.6 is 11.3 Å². The molecule has 1 saturated carbocycles. The predicted octanol–water partition coefficient (Wildman–Crippen LogP) is 2.08. The third kappa shape index (κ3) is 2.47. The van der Waals surface area contributed by atoms with Crippen molar-refractivity contribution in [2.24, 2.45) is 5.92 Å². The molecule has 0 saturated heterocycles. The first kappa shape index (κ1) is 10.4. The molecule has 5 heteroatoms. The summed E-state index contributed by atoms with van der Waals surface area (Å²) in [5.74, 6) is -0.151. The maximum Gasteiger partial charge on any atom is 0.355 e. The second-order valence-electron chi connectivity index (χ2n) is 3.80. The maximum absolute atomic E-state index is 10.7. The Bertz CT molecular complexity index is 360. The molecule has 0 amide bonds. The van der Waals surface area contributed by atoms with Crippen LogP contribution in [0.1, 0.15) is 30.3 Å². The molecule has 1 fully saturated rings. The van der Waals surface area contributed by atoms with Gasteiger partial charge in [0.25, 0.3) is 0 Å². The summed E-state index contributed by atoms with van der Waals surface area (Å²) in [5, 5.41) is 11.2. The molecular formula is C10H14N2O2S. The predicted molar refractivity (Wildman–Crippen MR) is 59.7 cm³/mol. The fourth-order valence-corrected chi connectivity index (χ4v) is 2.34. The molecule has 1 N–H and O–H groups in total. The summed E-state index contributed by atoms with van der Waals surface area (Å²) in [6.07, 6.45) is 2.60. The molecule has 1 aromatic rings. The minimum atomic E-state index is -0.944. The van der Waals surface area contributed by atoms with Crippen molar-refractivity contribution in [3.8, 4) is 0 Å². The molecule has 0 spiro atoms. The summed E-state index contributed by atoms with van der Waals surface area (Å²) >= 11 is 1.41. The monoisotopic (exact) mass is 226 g/mol. The van der Waals surface area contributed by atoms with Gasteiger partial charge in [-0.2, -0.15) is 0 Å². The number of carboxylic acids is 1. The third-order valence-electron chi connectivity index (χ3n) is 2.54. The van der Waals surface area contributed by atoms with E-state index in [-0.39, 0.29) is 5.69 Å². The Morgan fingerprint density at radius 3 is 2.93 bits per heavy atom. The summed E-state index contributed by atoms with van der Waals surface area (Å²) in [4.78, 5) is 17.0. The minimum absolute atomic E-state index is 0.157. The van der Waals surface area contributed by atoms with E-state index in [9.17, 15) is 4.79 Å². The van der Waals surface area contributed by atoms with Gasteiger partial charge in [-0.3, -0.25) is 0 Å². The van der Waals surface area contributed by atoms with Crippen LogP contribution in [-0.4, -0.2) is 29.1 Å². The van der Waals surface area contributed by atoms with Crippen molar-refractivity contribution >= 4 is 22.4 Å². The molecule has 1 aliphatic rings. The van der Waals surface area contributed by atoms with Gasteiger partial charge in [0.2, 0.25) is 0 Å². The highest BCUT2D eigenvalue weighted by Gasteiger charge is 2.25. The van der Waals surface area contributed by atoms with E-state index in [1.807, 2.05) is 0 Å². The van der Waals surface area contributed by atoms with Crippen molar-refractivity contribution in [1.82, 2.24) is 4.98 Å². The lowest BCUT2D eigenvalue weighted by atomic mass is 10.4. The zero-order valence-electron chi connectivity index (χ0n) is 8.64. The lowest BCUT2D eigenvalue weighted by Gasteiger charge is -2.18. The van der Waals surface area contributed by atoms with Crippen LogP contribution in [0.3, 0.4) is 0 Å². The molecule has 1 heterocycles. The van der Waals surface area contributed by atoms with Gasteiger partial charge in [-0.05, 0) is 25.7 Å². The number of carboxylic acid groups (broad SMARTS) is 1. The SMILES string of the molecule is CCN(CC1CC1)c1nc(C(=O)O)cs1. The van der Waals surface area contributed by atoms with Gasteiger partial charge in [0.15, 0.2) is 10.8 Å². The number of nitrogens with zero attached hydrogens (tertiary/aromatic N) is 2. The number of hydrogen-bond acceptors (Lipinski definition) is 4. The Balaban J connectivity index is 2.07. The van der Waals surface area contributed by atoms with Crippen molar-refractivity contribution in [3.63, 3.8) is 0 Å². The number of thiazole rings is 1. The van der Waals surface area contributed by atoms with E-state index in [2.05, 4.69) is 16.8 Å². The van der Waals surface area contributed by atoms with Crippen LogP contribution in [0.25, 0.3) is 0 Å². The maximum atomic E-state index is 10.7. The molecule has 15 heavy (non-hydrogen) atoms. The normalized spacial score (nSPS) is 15.3. The second-order valence-corrected chi connectivity index (χ2v) is 4.64. The van der Waals surface area contributed by atoms with Gasteiger partial charge in [0.1, 0.15) is 0 Å². The highest BCUT2D eigenvalue weighted by molar-refractivity contribution is 7.13. The van der Waals surface area contributed by atoms with Crippen molar-refractivity contribution in [2.75, 3.05) is 18.0 Å². The average Bonchev–Trinajstić information content (AvgIpc) is 2.89. The van der Waals surface area contributed by atoms with Crippen LogP contribution in [0.2, 0.25) is 0 Å². The zero-order valence-corrected chi connectivity index (χ0v) is 9.46. The molecule has 2 rings (SSSR count). The third-order valence-corrected chi connectivity index (χ3v) is 3.44. The molecule has 0 radical (unpaired) electrons. The number of carbonyl (C=O) groups is 1. The van der Waals surface area contributed by atoms with Gasteiger partial charge in [-0.25, -0.2) is 9.78 Å². The molecule has 0 bridgehead atoms. The van der Waals surface area contributed by atoms with Crippen LogP contribution in [0.15, 0.2) is 5.38 Å². The van der Waals surface area contributed by atoms with Gasteiger partial charge in [0, 0.05) is 18.5 Å². The number of hydrogen-bond donors (Lipinski definition) is 1. The van der Waals surface area contributed by atoms with Gasteiger partial charge in [-0.1, -0.05) is 0 Å². The Morgan fingerprint density at radius 2 is 2.47 bits per heavy atom. The molecule has 0 atom stereocenters. The fourth-order valence-electron chi connectivity index (χ4n) is 1.46. The van der Waals surface area contributed by atoms with Crippen LogP contribution in [0, 0.1) is 5.92 Å². The number of aromatic nitrogens is 1. The molecule has 0 aliphatic heterocycles. The molecule has 0 aromatic carbocycles. The number of aromatic carboxylic acids is 1. The van der Waals surface area contributed by atoms with Crippen molar-refractivity contribution in [3.05, 3.63) is 11.1 Å². The standard InChI is InChI=1S/C10H14N2O2S/c1-2-12(5-7-3-4-7)10-11-8(6-15-10)9(13)14/h6-7H,2-5H2,1H3,(H,13,14). The highest BCUT2D eigenvalue weighted by Crippen LogP contribution is 2.32.